The third-order valence-corrected chi connectivity index (χ3v) is 2.89. The maximum Gasteiger partial charge on any atom is 0.305 e. The van der Waals surface area contributed by atoms with Crippen molar-refractivity contribution in [2.24, 2.45) is 0 Å². The van der Waals surface area contributed by atoms with E-state index in [0.717, 1.165) is 11.3 Å². The zero-order valence-electron chi connectivity index (χ0n) is 12.3. The van der Waals surface area contributed by atoms with Crippen LogP contribution in [-0.2, 0) is 9.53 Å². The highest BCUT2D eigenvalue weighted by atomic mass is 19.3. The Morgan fingerprint density at radius 1 is 1.10 bits per heavy atom. The van der Waals surface area contributed by atoms with Gasteiger partial charge in [-0.05, 0) is 44.4 Å². The summed E-state index contributed by atoms with van der Waals surface area (Å²) in [6, 6.07) is 7.55. The number of carbonyl (C=O) groups excluding carboxylic acids is 1. The summed E-state index contributed by atoms with van der Waals surface area (Å²) in [5.41, 5.74) is 1.16. The molecule has 0 saturated carbocycles. The first-order valence-corrected chi connectivity index (χ1v) is 6.85. The fourth-order valence-electron chi connectivity index (χ4n) is 1.61. The zero-order chi connectivity index (χ0) is 15.7. The molecular weight excluding hydrogens is 278 g/mol. The Balaban J connectivity index is 2.11. The molecule has 1 rings (SSSR count). The minimum absolute atomic E-state index is 0.0190. The highest BCUT2D eigenvalue weighted by Gasteiger charge is 2.05. The van der Waals surface area contributed by atoms with E-state index in [4.69, 9.17) is 9.47 Å². The lowest BCUT2D eigenvalue weighted by atomic mass is 10.1. The molecule has 0 aliphatic heterocycles. The molecule has 0 amide bonds. The van der Waals surface area contributed by atoms with Gasteiger partial charge in [0.05, 0.1) is 0 Å². The Kier molecular flexibility index (Phi) is 7.43. The largest absolute Gasteiger partial charge is 0.490 e. The predicted octanol–water partition coefficient (Wildman–Crippen LogP) is 4.26. The van der Waals surface area contributed by atoms with E-state index in [0.29, 0.717) is 6.42 Å². The molecule has 116 valence electrons. The van der Waals surface area contributed by atoms with Crippen molar-refractivity contribution in [3.05, 3.63) is 41.5 Å². The zero-order valence-corrected chi connectivity index (χ0v) is 12.3. The lowest BCUT2D eigenvalue weighted by molar-refractivity contribution is -0.144. The number of halogens is 2. The Morgan fingerprint density at radius 2 is 1.76 bits per heavy atom. The van der Waals surface area contributed by atoms with E-state index in [9.17, 15) is 13.6 Å². The number of carbonyl (C=O) groups is 1. The number of aryl methyl sites for hydroxylation is 1. The molecule has 21 heavy (non-hydrogen) atoms. The molecule has 0 aromatic heterocycles. The lowest BCUT2D eigenvalue weighted by Crippen LogP contribution is -2.12. The minimum Gasteiger partial charge on any atom is -0.490 e. The highest BCUT2D eigenvalue weighted by Crippen LogP contribution is 2.14. The van der Waals surface area contributed by atoms with Gasteiger partial charge in [-0.15, -0.1) is 0 Å². The molecule has 1 aromatic carbocycles. The smallest absolute Gasteiger partial charge is 0.305 e. The van der Waals surface area contributed by atoms with Gasteiger partial charge in [0, 0.05) is 6.42 Å². The summed E-state index contributed by atoms with van der Waals surface area (Å²) in [6.07, 6.45) is -0.970. The van der Waals surface area contributed by atoms with Gasteiger partial charge in [-0.25, -0.2) is 0 Å². The van der Waals surface area contributed by atoms with Gasteiger partial charge in [0.25, 0.3) is 6.08 Å². The number of allylic oxidation sites excluding steroid dienone is 1. The quantitative estimate of drug-likeness (QED) is 0.531. The van der Waals surface area contributed by atoms with Crippen LogP contribution in [0.5, 0.6) is 5.75 Å². The van der Waals surface area contributed by atoms with Gasteiger partial charge in [-0.1, -0.05) is 17.7 Å². The number of hydrogen-bond donors (Lipinski definition) is 0. The molecule has 0 saturated heterocycles. The first-order valence-electron chi connectivity index (χ1n) is 6.85. The van der Waals surface area contributed by atoms with Crippen molar-refractivity contribution in [1.29, 1.82) is 0 Å². The number of ether oxygens (including phenoxy) is 2. The molecule has 0 aliphatic carbocycles. The van der Waals surface area contributed by atoms with Crippen LogP contribution in [0.25, 0.3) is 0 Å². The van der Waals surface area contributed by atoms with E-state index in [1.807, 2.05) is 31.2 Å². The van der Waals surface area contributed by atoms with Crippen LogP contribution in [0.3, 0.4) is 0 Å². The van der Waals surface area contributed by atoms with E-state index in [-0.39, 0.29) is 31.6 Å². The summed E-state index contributed by atoms with van der Waals surface area (Å²) in [5, 5.41) is 0. The fourth-order valence-corrected chi connectivity index (χ4v) is 1.61. The second-order valence-corrected chi connectivity index (χ2v) is 4.78. The Hall–Kier alpha value is -1.91. The van der Waals surface area contributed by atoms with Crippen LogP contribution < -0.4 is 4.74 Å². The molecule has 0 bridgehead atoms. The molecule has 0 heterocycles. The molecular formula is C16H20F2O3. The summed E-state index contributed by atoms with van der Waals surface area (Å²) in [6.45, 7) is 3.76. The van der Waals surface area contributed by atoms with Crippen molar-refractivity contribution in [1.82, 2.24) is 0 Å². The molecule has 1 aromatic rings. The molecule has 0 unspecified atom stereocenters. The van der Waals surface area contributed by atoms with Gasteiger partial charge in [0.1, 0.15) is 19.0 Å². The number of rotatable bonds is 8. The molecule has 0 N–H and O–H groups in total. The average molecular weight is 298 g/mol. The van der Waals surface area contributed by atoms with Crippen molar-refractivity contribution in [3.63, 3.8) is 0 Å². The predicted molar refractivity (Wildman–Crippen MR) is 76.4 cm³/mol. The lowest BCUT2D eigenvalue weighted by Gasteiger charge is -2.07. The van der Waals surface area contributed by atoms with E-state index >= 15 is 0 Å². The van der Waals surface area contributed by atoms with Crippen molar-refractivity contribution >= 4 is 5.97 Å². The van der Waals surface area contributed by atoms with Crippen LogP contribution >= 0.6 is 0 Å². The van der Waals surface area contributed by atoms with E-state index in [1.165, 1.54) is 6.92 Å². The van der Waals surface area contributed by atoms with Crippen LogP contribution in [0.2, 0.25) is 0 Å². The van der Waals surface area contributed by atoms with Crippen LogP contribution in [0.15, 0.2) is 35.9 Å². The third-order valence-electron chi connectivity index (χ3n) is 2.89. The third kappa shape index (κ3) is 7.44. The number of benzene rings is 1. The second kappa shape index (κ2) is 9.10. The summed E-state index contributed by atoms with van der Waals surface area (Å²) < 4.78 is 34.6. The van der Waals surface area contributed by atoms with Crippen molar-refractivity contribution < 1.29 is 23.0 Å². The number of hydrogen-bond acceptors (Lipinski definition) is 3. The summed E-state index contributed by atoms with van der Waals surface area (Å²) in [5.74, 6) is 0.324. The Bertz CT molecular complexity index is 477. The fraction of sp³-hybridized carbons (Fsp3) is 0.438. The molecule has 0 fully saturated rings. The summed E-state index contributed by atoms with van der Waals surface area (Å²) >= 11 is 0. The van der Waals surface area contributed by atoms with Gasteiger partial charge < -0.3 is 9.47 Å². The maximum absolute atomic E-state index is 12.1. The van der Waals surface area contributed by atoms with Crippen LogP contribution in [0.4, 0.5) is 8.78 Å². The molecule has 3 nitrogen and oxygen atoms in total. The van der Waals surface area contributed by atoms with E-state index in [1.54, 1.807) is 0 Å². The minimum atomic E-state index is -1.67. The van der Waals surface area contributed by atoms with E-state index in [2.05, 4.69) is 0 Å². The van der Waals surface area contributed by atoms with Crippen molar-refractivity contribution in [2.45, 2.75) is 33.1 Å². The van der Waals surface area contributed by atoms with E-state index < -0.39 is 12.0 Å². The summed E-state index contributed by atoms with van der Waals surface area (Å²) in [4.78, 5) is 11.4. The molecule has 0 atom stereocenters. The van der Waals surface area contributed by atoms with Crippen LogP contribution in [-0.4, -0.2) is 19.2 Å². The average Bonchev–Trinajstić information content (AvgIpc) is 2.45. The SMILES string of the molecule is CC(CCCC(=O)OCCOc1ccc(C)cc1)=C(F)F. The van der Waals surface area contributed by atoms with Crippen LogP contribution in [0, 0.1) is 6.92 Å². The van der Waals surface area contributed by atoms with Crippen molar-refractivity contribution in [3.8, 4) is 5.75 Å². The van der Waals surface area contributed by atoms with Gasteiger partial charge in [-0.3, -0.25) is 4.79 Å². The second-order valence-electron chi connectivity index (χ2n) is 4.78. The van der Waals surface area contributed by atoms with Gasteiger partial charge in [0.15, 0.2) is 0 Å². The topological polar surface area (TPSA) is 35.5 Å². The molecule has 5 heteroatoms. The Morgan fingerprint density at radius 3 is 2.38 bits per heavy atom. The Labute approximate surface area is 123 Å². The maximum atomic E-state index is 12.1. The van der Waals surface area contributed by atoms with Crippen molar-refractivity contribution in [2.75, 3.05) is 13.2 Å². The van der Waals surface area contributed by atoms with Gasteiger partial charge in [-0.2, -0.15) is 8.78 Å². The molecule has 0 aliphatic rings. The molecule has 0 spiro atoms. The first-order chi connectivity index (χ1) is 9.99. The van der Waals surface area contributed by atoms with Gasteiger partial charge >= 0.3 is 5.97 Å². The first kappa shape index (κ1) is 17.1. The standard InChI is InChI=1S/C16H20F2O3/c1-12-6-8-14(9-7-12)20-10-11-21-15(19)5-3-4-13(2)16(17)18/h6-9H,3-5,10-11H2,1-2H3. The monoisotopic (exact) mass is 298 g/mol. The highest BCUT2D eigenvalue weighted by molar-refractivity contribution is 5.69. The summed E-state index contributed by atoms with van der Waals surface area (Å²) in [7, 11) is 0. The van der Waals surface area contributed by atoms with Gasteiger partial charge in [0.2, 0.25) is 0 Å². The van der Waals surface area contributed by atoms with Crippen LogP contribution in [0.1, 0.15) is 31.7 Å². The number of esters is 1. The molecule has 0 radical (unpaired) electrons. The normalized spacial score (nSPS) is 10.1.